The minimum atomic E-state index is -1.05. The standard InChI is InChI=1S/C12H15NO/c1-3-10(9-13)12(2,14)11-7-5-4-6-8-11/h4-8,10,14H,3H2,1-2H3. The van der Waals surface area contributed by atoms with Crippen LogP contribution < -0.4 is 0 Å². The van der Waals surface area contributed by atoms with Gasteiger partial charge in [0.25, 0.3) is 0 Å². The largest absolute Gasteiger partial charge is 0.384 e. The monoisotopic (exact) mass is 189 g/mol. The Morgan fingerprint density at radius 2 is 2.00 bits per heavy atom. The van der Waals surface area contributed by atoms with E-state index in [0.29, 0.717) is 6.42 Å². The Hall–Kier alpha value is -1.33. The molecule has 2 nitrogen and oxygen atoms in total. The summed E-state index contributed by atoms with van der Waals surface area (Å²) in [6.45, 7) is 3.60. The van der Waals surface area contributed by atoms with Crippen molar-refractivity contribution in [2.24, 2.45) is 5.92 Å². The summed E-state index contributed by atoms with van der Waals surface area (Å²) in [5, 5.41) is 19.1. The van der Waals surface area contributed by atoms with E-state index >= 15 is 0 Å². The Morgan fingerprint density at radius 3 is 2.43 bits per heavy atom. The molecule has 14 heavy (non-hydrogen) atoms. The third-order valence-electron chi connectivity index (χ3n) is 2.60. The third kappa shape index (κ3) is 1.94. The molecule has 0 aliphatic heterocycles. The van der Waals surface area contributed by atoms with Crippen molar-refractivity contribution in [3.63, 3.8) is 0 Å². The molecule has 0 saturated carbocycles. The van der Waals surface area contributed by atoms with Crippen molar-refractivity contribution in [2.75, 3.05) is 0 Å². The molecule has 1 aromatic rings. The van der Waals surface area contributed by atoms with Crippen LogP contribution in [-0.2, 0) is 5.60 Å². The Labute approximate surface area is 84.8 Å². The first kappa shape index (κ1) is 10.7. The highest BCUT2D eigenvalue weighted by atomic mass is 16.3. The summed E-state index contributed by atoms with van der Waals surface area (Å²) in [5.74, 6) is -0.357. The van der Waals surface area contributed by atoms with Gasteiger partial charge < -0.3 is 5.11 Å². The SMILES string of the molecule is CCC(C#N)C(C)(O)c1ccccc1. The van der Waals surface area contributed by atoms with Crippen LogP contribution in [-0.4, -0.2) is 5.11 Å². The highest BCUT2D eigenvalue weighted by Gasteiger charge is 2.32. The molecule has 0 heterocycles. The van der Waals surface area contributed by atoms with Gasteiger partial charge in [-0.05, 0) is 18.9 Å². The van der Waals surface area contributed by atoms with Crippen LogP contribution in [0.5, 0.6) is 0 Å². The van der Waals surface area contributed by atoms with Gasteiger partial charge in [-0.15, -0.1) is 0 Å². The van der Waals surface area contributed by atoms with Crippen LogP contribution in [0.15, 0.2) is 30.3 Å². The van der Waals surface area contributed by atoms with E-state index in [1.807, 2.05) is 37.3 Å². The molecular weight excluding hydrogens is 174 g/mol. The molecule has 0 amide bonds. The van der Waals surface area contributed by atoms with E-state index in [0.717, 1.165) is 5.56 Å². The molecule has 0 bridgehead atoms. The van der Waals surface area contributed by atoms with Crippen LogP contribution in [0.2, 0.25) is 0 Å². The van der Waals surface area contributed by atoms with E-state index in [1.165, 1.54) is 0 Å². The van der Waals surface area contributed by atoms with Gasteiger partial charge in [-0.3, -0.25) is 0 Å². The summed E-state index contributed by atoms with van der Waals surface area (Å²) in [4.78, 5) is 0. The van der Waals surface area contributed by atoms with Gasteiger partial charge in [0.2, 0.25) is 0 Å². The zero-order valence-electron chi connectivity index (χ0n) is 8.57. The normalized spacial score (nSPS) is 16.7. The average Bonchev–Trinajstić information content (AvgIpc) is 2.20. The van der Waals surface area contributed by atoms with Crippen LogP contribution in [0.1, 0.15) is 25.8 Å². The van der Waals surface area contributed by atoms with Crippen molar-refractivity contribution in [1.82, 2.24) is 0 Å². The maximum Gasteiger partial charge on any atom is 0.103 e. The molecule has 0 aliphatic rings. The molecule has 1 rings (SSSR count). The summed E-state index contributed by atoms with van der Waals surface area (Å²) in [6.07, 6.45) is 0.651. The lowest BCUT2D eigenvalue weighted by molar-refractivity contribution is 0.0151. The average molecular weight is 189 g/mol. The quantitative estimate of drug-likeness (QED) is 0.793. The number of nitrogens with zero attached hydrogens (tertiary/aromatic N) is 1. The van der Waals surface area contributed by atoms with Crippen molar-refractivity contribution in [3.05, 3.63) is 35.9 Å². The van der Waals surface area contributed by atoms with Gasteiger partial charge in [0.05, 0.1) is 12.0 Å². The Kier molecular flexibility index (Phi) is 3.27. The fourth-order valence-corrected chi connectivity index (χ4v) is 1.59. The maximum atomic E-state index is 10.2. The van der Waals surface area contributed by atoms with Crippen molar-refractivity contribution in [2.45, 2.75) is 25.9 Å². The zero-order valence-corrected chi connectivity index (χ0v) is 8.57. The van der Waals surface area contributed by atoms with Gasteiger partial charge in [0.15, 0.2) is 0 Å². The Bertz CT molecular complexity index is 324. The van der Waals surface area contributed by atoms with Gasteiger partial charge in [0.1, 0.15) is 5.60 Å². The van der Waals surface area contributed by atoms with Gasteiger partial charge in [-0.25, -0.2) is 0 Å². The molecule has 2 unspecified atom stereocenters. The van der Waals surface area contributed by atoms with Gasteiger partial charge >= 0.3 is 0 Å². The predicted octanol–water partition coefficient (Wildman–Crippen LogP) is 2.44. The van der Waals surface area contributed by atoms with E-state index in [-0.39, 0.29) is 5.92 Å². The van der Waals surface area contributed by atoms with Crippen molar-refractivity contribution < 1.29 is 5.11 Å². The summed E-state index contributed by atoms with van der Waals surface area (Å²) >= 11 is 0. The Morgan fingerprint density at radius 1 is 1.43 bits per heavy atom. The molecule has 74 valence electrons. The van der Waals surface area contributed by atoms with Crippen LogP contribution in [0.4, 0.5) is 0 Å². The van der Waals surface area contributed by atoms with Crippen molar-refractivity contribution >= 4 is 0 Å². The topological polar surface area (TPSA) is 44.0 Å². The second kappa shape index (κ2) is 4.26. The summed E-state index contributed by atoms with van der Waals surface area (Å²) < 4.78 is 0. The van der Waals surface area contributed by atoms with E-state index < -0.39 is 5.60 Å². The fourth-order valence-electron chi connectivity index (χ4n) is 1.59. The lowest BCUT2D eigenvalue weighted by atomic mass is 9.82. The molecule has 1 aromatic carbocycles. The van der Waals surface area contributed by atoms with Crippen LogP contribution in [0.3, 0.4) is 0 Å². The molecule has 0 fully saturated rings. The van der Waals surface area contributed by atoms with E-state index in [1.54, 1.807) is 6.92 Å². The van der Waals surface area contributed by atoms with Gasteiger partial charge in [0, 0.05) is 0 Å². The number of rotatable bonds is 3. The first-order valence-corrected chi connectivity index (χ1v) is 4.80. The van der Waals surface area contributed by atoms with E-state index in [4.69, 9.17) is 5.26 Å². The fraction of sp³-hybridized carbons (Fsp3) is 0.417. The number of aliphatic hydroxyl groups is 1. The first-order valence-electron chi connectivity index (χ1n) is 4.80. The minimum absolute atomic E-state index is 0.357. The lowest BCUT2D eigenvalue weighted by Gasteiger charge is -2.27. The summed E-state index contributed by atoms with van der Waals surface area (Å²) in [7, 11) is 0. The highest BCUT2D eigenvalue weighted by molar-refractivity contribution is 5.24. The number of hydrogen-bond donors (Lipinski definition) is 1. The van der Waals surface area contributed by atoms with Crippen LogP contribution in [0.25, 0.3) is 0 Å². The first-order chi connectivity index (χ1) is 6.62. The van der Waals surface area contributed by atoms with Crippen LogP contribution in [0, 0.1) is 17.2 Å². The second-order valence-corrected chi connectivity index (χ2v) is 3.60. The van der Waals surface area contributed by atoms with E-state index in [2.05, 4.69) is 6.07 Å². The van der Waals surface area contributed by atoms with Gasteiger partial charge in [-0.1, -0.05) is 37.3 Å². The second-order valence-electron chi connectivity index (χ2n) is 3.60. The smallest absolute Gasteiger partial charge is 0.103 e. The minimum Gasteiger partial charge on any atom is -0.384 e. The number of benzene rings is 1. The van der Waals surface area contributed by atoms with Gasteiger partial charge in [-0.2, -0.15) is 5.26 Å². The third-order valence-corrected chi connectivity index (χ3v) is 2.60. The molecule has 0 spiro atoms. The molecule has 2 heteroatoms. The molecule has 0 radical (unpaired) electrons. The molecule has 0 aromatic heterocycles. The predicted molar refractivity (Wildman–Crippen MR) is 55.4 cm³/mol. The van der Waals surface area contributed by atoms with Crippen molar-refractivity contribution in [3.8, 4) is 6.07 Å². The molecule has 0 aliphatic carbocycles. The number of hydrogen-bond acceptors (Lipinski definition) is 2. The molecular formula is C12H15NO. The van der Waals surface area contributed by atoms with E-state index in [9.17, 15) is 5.11 Å². The zero-order chi connectivity index (χ0) is 10.6. The lowest BCUT2D eigenvalue weighted by Crippen LogP contribution is -2.30. The molecule has 0 saturated heterocycles. The summed E-state index contributed by atoms with van der Waals surface area (Å²) in [6, 6.07) is 11.5. The van der Waals surface area contributed by atoms with Crippen molar-refractivity contribution in [1.29, 1.82) is 5.26 Å². The summed E-state index contributed by atoms with van der Waals surface area (Å²) in [5.41, 5.74) is -0.251. The highest BCUT2D eigenvalue weighted by Crippen LogP contribution is 2.30. The molecule has 2 atom stereocenters. The number of nitriles is 1. The molecule has 1 N–H and O–H groups in total. The maximum absolute atomic E-state index is 10.2. The Balaban J connectivity index is 3.02. The van der Waals surface area contributed by atoms with Crippen LogP contribution >= 0.6 is 0 Å².